The standard InChI is InChI=1S/C17H15BrO2/c1-10-4-6-15-12(7-10)9-16(20-15)17(19)13-8-11(2)3-5-14(13)18/h3-9,17,19H,1-2H3. The van der Waals surface area contributed by atoms with Crippen LogP contribution in [0, 0.1) is 13.8 Å². The minimum absolute atomic E-state index is 0.567. The predicted molar refractivity (Wildman–Crippen MR) is 83.9 cm³/mol. The fourth-order valence-electron chi connectivity index (χ4n) is 2.34. The van der Waals surface area contributed by atoms with Gasteiger partial charge in [-0.2, -0.15) is 0 Å². The quantitative estimate of drug-likeness (QED) is 0.725. The van der Waals surface area contributed by atoms with Crippen LogP contribution in [0.5, 0.6) is 0 Å². The summed E-state index contributed by atoms with van der Waals surface area (Å²) >= 11 is 3.48. The maximum atomic E-state index is 10.5. The maximum Gasteiger partial charge on any atom is 0.138 e. The second-order valence-electron chi connectivity index (χ2n) is 5.12. The smallest absolute Gasteiger partial charge is 0.138 e. The van der Waals surface area contributed by atoms with Gasteiger partial charge in [-0.05, 0) is 38.1 Å². The first kappa shape index (κ1) is 13.4. The molecular weight excluding hydrogens is 316 g/mol. The minimum Gasteiger partial charge on any atom is -0.458 e. The third-order valence-electron chi connectivity index (χ3n) is 3.41. The molecule has 0 saturated heterocycles. The number of aliphatic hydroxyl groups excluding tert-OH is 1. The Morgan fingerprint density at radius 2 is 1.70 bits per heavy atom. The van der Waals surface area contributed by atoms with Gasteiger partial charge in [0, 0.05) is 15.4 Å². The van der Waals surface area contributed by atoms with E-state index in [1.165, 1.54) is 5.56 Å². The van der Waals surface area contributed by atoms with Gasteiger partial charge in [0.15, 0.2) is 0 Å². The Labute approximate surface area is 126 Å². The predicted octanol–water partition coefficient (Wildman–Crippen LogP) is 4.89. The Bertz CT molecular complexity index is 774. The van der Waals surface area contributed by atoms with Crippen molar-refractivity contribution in [3.05, 3.63) is 69.4 Å². The van der Waals surface area contributed by atoms with Crippen LogP contribution in [0.2, 0.25) is 0 Å². The van der Waals surface area contributed by atoms with E-state index in [9.17, 15) is 5.11 Å². The summed E-state index contributed by atoms with van der Waals surface area (Å²) in [4.78, 5) is 0. The van der Waals surface area contributed by atoms with Crippen molar-refractivity contribution in [1.82, 2.24) is 0 Å². The highest BCUT2D eigenvalue weighted by Crippen LogP contribution is 2.32. The van der Waals surface area contributed by atoms with Gasteiger partial charge >= 0.3 is 0 Å². The van der Waals surface area contributed by atoms with Crippen LogP contribution in [-0.2, 0) is 0 Å². The fourth-order valence-corrected chi connectivity index (χ4v) is 2.81. The highest BCUT2D eigenvalue weighted by molar-refractivity contribution is 9.10. The van der Waals surface area contributed by atoms with Crippen LogP contribution in [0.25, 0.3) is 11.0 Å². The lowest BCUT2D eigenvalue weighted by molar-refractivity contribution is 0.191. The van der Waals surface area contributed by atoms with Gasteiger partial charge in [0.2, 0.25) is 0 Å². The van der Waals surface area contributed by atoms with Gasteiger partial charge in [0.25, 0.3) is 0 Å². The molecule has 1 aromatic heterocycles. The molecule has 0 radical (unpaired) electrons. The van der Waals surface area contributed by atoms with Crippen LogP contribution in [-0.4, -0.2) is 5.11 Å². The Kier molecular flexibility index (Phi) is 3.40. The van der Waals surface area contributed by atoms with Crippen molar-refractivity contribution in [2.24, 2.45) is 0 Å². The zero-order chi connectivity index (χ0) is 14.3. The Morgan fingerprint density at radius 1 is 1.00 bits per heavy atom. The van der Waals surface area contributed by atoms with E-state index in [1.807, 2.05) is 50.2 Å². The Hall–Kier alpha value is -1.58. The number of halogens is 1. The van der Waals surface area contributed by atoms with Gasteiger partial charge in [0.05, 0.1) is 0 Å². The minimum atomic E-state index is -0.767. The van der Waals surface area contributed by atoms with Gasteiger partial charge in [-0.15, -0.1) is 0 Å². The molecule has 0 amide bonds. The van der Waals surface area contributed by atoms with E-state index in [2.05, 4.69) is 22.0 Å². The number of fused-ring (bicyclic) bond motifs is 1. The molecule has 0 aliphatic heterocycles. The summed E-state index contributed by atoms with van der Waals surface area (Å²) in [5.41, 5.74) is 3.90. The van der Waals surface area contributed by atoms with Crippen molar-refractivity contribution in [2.75, 3.05) is 0 Å². The van der Waals surface area contributed by atoms with E-state index in [-0.39, 0.29) is 0 Å². The molecule has 0 spiro atoms. The second kappa shape index (κ2) is 5.08. The molecule has 2 nitrogen and oxygen atoms in total. The van der Waals surface area contributed by atoms with Crippen LogP contribution in [0.3, 0.4) is 0 Å². The van der Waals surface area contributed by atoms with Crippen molar-refractivity contribution >= 4 is 26.9 Å². The molecule has 0 aliphatic carbocycles. The van der Waals surface area contributed by atoms with Gasteiger partial charge < -0.3 is 9.52 Å². The molecule has 1 N–H and O–H groups in total. The number of benzene rings is 2. The van der Waals surface area contributed by atoms with E-state index < -0.39 is 6.10 Å². The number of hydrogen-bond donors (Lipinski definition) is 1. The van der Waals surface area contributed by atoms with E-state index in [1.54, 1.807) is 0 Å². The lowest BCUT2D eigenvalue weighted by Gasteiger charge is -2.11. The summed E-state index contributed by atoms with van der Waals surface area (Å²) < 4.78 is 6.64. The average molecular weight is 331 g/mol. The van der Waals surface area contributed by atoms with Crippen molar-refractivity contribution < 1.29 is 9.52 Å². The summed E-state index contributed by atoms with van der Waals surface area (Å²) in [6.07, 6.45) is -0.767. The van der Waals surface area contributed by atoms with Crippen molar-refractivity contribution in [2.45, 2.75) is 20.0 Å². The summed E-state index contributed by atoms with van der Waals surface area (Å²) in [5, 5.41) is 11.6. The zero-order valence-electron chi connectivity index (χ0n) is 11.4. The highest BCUT2D eigenvalue weighted by atomic mass is 79.9. The Morgan fingerprint density at radius 3 is 2.50 bits per heavy atom. The van der Waals surface area contributed by atoms with Gasteiger partial charge in [-0.25, -0.2) is 0 Å². The summed E-state index contributed by atoms with van der Waals surface area (Å²) in [7, 11) is 0. The summed E-state index contributed by atoms with van der Waals surface area (Å²) in [5.74, 6) is 0.567. The molecule has 0 bridgehead atoms. The molecule has 1 heterocycles. The molecule has 20 heavy (non-hydrogen) atoms. The number of aryl methyl sites for hydroxylation is 2. The molecule has 1 unspecified atom stereocenters. The average Bonchev–Trinajstić information content (AvgIpc) is 2.83. The monoisotopic (exact) mass is 330 g/mol. The summed E-state index contributed by atoms with van der Waals surface area (Å²) in [6.45, 7) is 4.05. The topological polar surface area (TPSA) is 33.4 Å². The SMILES string of the molecule is Cc1ccc(Br)c(C(O)c2cc3cc(C)ccc3o2)c1. The third-order valence-corrected chi connectivity index (χ3v) is 4.13. The first-order valence-electron chi connectivity index (χ1n) is 6.49. The molecule has 0 aliphatic rings. The summed E-state index contributed by atoms with van der Waals surface area (Å²) in [6, 6.07) is 13.8. The molecular formula is C17H15BrO2. The van der Waals surface area contributed by atoms with Crippen molar-refractivity contribution in [1.29, 1.82) is 0 Å². The molecule has 102 valence electrons. The number of rotatable bonds is 2. The zero-order valence-corrected chi connectivity index (χ0v) is 12.9. The number of furan rings is 1. The van der Waals surface area contributed by atoms with Crippen LogP contribution in [0.15, 0.2) is 51.4 Å². The van der Waals surface area contributed by atoms with E-state index in [4.69, 9.17) is 4.42 Å². The van der Waals surface area contributed by atoms with Crippen LogP contribution in [0.4, 0.5) is 0 Å². The van der Waals surface area contributed by atoms with Gasteiger partial charge in [0.1, 0.15) is 17.4 Å². The van der Waals surface area contributed by atoms with E-state index in [0.29, 0.717) is 5.76 Å². The van der Waals surface area contributed by atoms with Crippen molar-refractivity contribution in [3.63, 3.8) is 0 Å². The van der Waals surface area contributed by atoms with E-state index >= 15 is 0 Å². The van der Waals surface area contributed by atoms with Crippen LogP contribution in [0.1, 0.15) is 28.6 Å². The number of aliphatic hydroxyl groups is 1. The van der Waals surface area contributed by atoms with Gasteiger partial charge in [-0.1, -0.05) is 45.3 Å². The first-order chi connectivity index (χ1) is 9.54. The first-order valence-corrected chi connectivity index (χ1v) is 7.28. The Balaban J connectivity index is 2.07. The highest BCUT2D eigenvalue weighted by Gasteiger charge is 2.18. The second-order valence-corrected chi connectivity index (χ2v) is 5.97. The maximum absolute atomic E-state index is 10.5. The largest absolute Gasteiger partial charge is 0.458 e. The molecule has 3 heteroatoms. The van der Waals surface area contributed by atoms with Gasteiger partial charge in [-0.3, -0.25) is 0 Å². The van der Waals surface area contributed by atoms with Crippen molar-refractivity contribution in [3.8, 4) is 0 Å². The lowest BCUT2D eigenvalue weighted by atomic mass is 10.0. The third kappa shape index (κ3) is 2.39. The van der Waals surface area contributed by atoms with Crippen LogP contribution >= 0.6 is 15.9 Å². The fraction of sp³-hybridized carbons (Fsp3) is 0.176. The van der Waals surface area contributed by atoms with Crippen LogP contribution < -0.4 is 0 Å². The molecule has 1 atom stereocenters. The lowest BCUT2D eigenvalue weighted by Crippen LogP contribution is -1.99. The molecule has 0 fully saturated rings. The van der Waals surface area contributed by atoms with E-state index in [0.717, 1.165) is 26.6 Å². The molecule has 3 aromatic rings. The molecule has 2 aromatic carbocycles. The normalized spacial score (nSPS) is 12.8. The number of hydrogen-bond acceptors (Lipinski definition) is 2. The molecule has 0 saturated carbocycles. The molecule has 3 rings (SSSR count).